The van der Waals surface area contributed by atoms with Crippen LogP contribution in [0.15, 0.2) is 28.7 Å². The number of nitrogens with one attached hydrogen (secondary N) is 1. The van der Waals surface area contributed by atoms with Gasteiger partial charge < -0.3 is 14.5 Å². The Balaban J connectivity index is 2.28. The van der Waals surface area contributed by atoms with Crippen LogP contribution in [0, 0.1) is 25.2 Å². The topological polar surface area (TPSA) is 75.3 Å². The molecule has 0 saturated carbocycles. The number of hydrogen-bond donors (Lipinski definition) is 1. The summed E-state index contributed by atoms with van der Waals surface area (Å²) in [6, 6.07) is 8.53. The first-order valence-corrected chi connectivity index (χ1v) is 6.01. The van der Waals surface area contributed by atoms with E-state index in [2.05, 4.69) is 5.32 Å². The summed E-state index contributed by atoms with van der Waals surface area (Å²) in [7, 11) is 1.49. The molecule has 2 aromatic rings. The van der Waals surface area contributed by atoms with Crippen LogP contribution in [0.3, 0.4) is 0 Å². The molecule has 5 nitrogen and oxygen atoms in total. The van der Waals surface area contributed by atoms with Gasteiger partial charge in [-0.25, -0.2) is 0 Å². The van der Waals surface area contributed by atoms with E-state index in [4.69, 9.17) is 14.4 Å². The standard InChI is InChI=1S/C15H14N2O3/c1-9-6-12(10(2)20-9)15(18)17-13-5-4-11(8-16)7-14(13)19-3/h4-7H,1-3H3,(H,17,18). The Kier molecular flexibility index (Phi) is 3.76. The van der Waals surface area contributed by atoms with Gasteiger partial charge in [0.2, 0.25) is 0 Å². The van der Waals surface area contributed by atoms with Gasteiger partial charge in [-0.1, -0.05) is 0 Å². The maximum absolute atomic E-state index is 12.2. The third kappa shape index (κ3) is 2.64. The van der Waals surface area contributed by atoms with Crippen LogP contribution in [0.2, 0.25) is 0 Å². The second kappa shape index (κ2) is 5.49. The molecule has 5 heteroatoms. The maximum Gasteiger partial charge on any atom is 0.259 e. The number of nitrogens with zero attached hydrogens (tertiary/aromatic N) is 1. The highest BCUT2D eigenvalue weighted by atomic mass is 16.5. The number of carbonyl (C=O) groups is 1. The van der Waals surface area contributed by atoms with E-state index in [0.29, 0.717) is 34.1 Å². The van der Waals surface area contributed by atoms with Gasteiger partial charge in [0.15, 0.2) is 0 Å². The van der Waals surface area contributed by atoms with Crippen molar-refractivity contribution in [2.45, 2.75) is 13.8 Å². The summed E-state index contributed by atoms with van der Waals surface area (Å²) < 4.78 is 10.5. The summed E-state index contributed by atoms with van der Waals surface area (Å²) in [6.07, 6.45) is 0. The van der Waals surface area contributed by atoms with Crippen molar-refractivity contribution in [1.82, 2.24) is 0 Å². The summed E-state index contributed by atoms with van der Waals surface area (Å²) >= 11 is 0. The van der Waals surface area contributed by atoms with Crippen LogP contribution >= 0.6 is 0 Å². The number of methoxy groups -OCH3 is 1. The number of anilines is 1. The number of aryl methyl sites for hydroxylation is 2. The molecule has 20 heavy (non-hydrogen) atoms. The molecule has 102 valence electrons. The molecule has 1 amide bonds. The summed E-state index contributed by atoms with van der Waals surface area (Å²) in [5.41, 5.74) is 1.46. The SMILES string of the molecule is COc1cc(C#N)ccc1NC(=O)c1cc(C)oc1C. The molecule has 0 unspecified atom stereocenters. The van der Waals surface area contributed by atoms with E-state index in [-0.39, 0.29) is 5.91 Å². The van der Waals surface area contributed by atoms with Crippen molar-refractivity contribution in [3.05, 3.63) is 46.9 Å². The Morgan fingerprint density at radius 3 is 2.65 bits per heavy atom. The number of amides is 1. The quantitative estimate of drug-likeness (QED) is 0.930. The van der Waals surface area contributed by atoms with Gasteiger partial charge in [0.1, 0.15) is 17.3 Å². The first kappa shape index (κ1) is 13.7. The largest absolute Gasteiger partial charge is 0.495 e. The molecule has 0 spiro atoms. The second-order valence-corrected chi connectivity index (χ2v) is 4.31. The molecule has 2 rings (SSSR count). The van der Waals surface area contributed by atoms with Gasteiger partial charge in [-0.05, 0) is 32.0 Å². The fourth-order valence-corrected chi connectivity index (χ4v) is 1.91. The molecule has 0 aliphatic heterocycles. The van der Waals surface area contributed by atoms with Crippen LogP contribution in [-0.4, -0.2) is 13.0 Å². The van der Waals surface area contributed by atoms with Crippen molar-refractivity contribution in [3.8, 4) is 11.8 Å². The van der Waals surface area contributed by atoms with Crippen LogP contribution in [0.25, 0.3) is 0 Å². The summed E-state index contributed by atoms with van der Waals surface area (Å²) in [5, 5.41) is 11.6. The molecule has 1 aromatic carbocycles. The van der Waals surface area contributed by atoms with Crippen molar-refractivity contribution < 1.29 is 13.9 Å². The minimum Gasteiger partial charge on any atom is -0.495 e. The fraction of sp³-hybridized carbons (Fsp3) is 0.200. The van der Waals surface area contributed by atoms with Gasteiger partial charge in [0, 0.05) is 6.07 Å². The van der Waals surface area contributed by atoms with Gasteiger partial charge in [-0.15, -0.1) is 0 Å². The van der Waals surface area contributed by atoms with Crippen LogP contribution in [0.4, 0.5) is 5.69 Å². The Morgan fingerprint density at radius 1 is 1.35 bits per heavy atom. The lowest BCUT2D eigenvalue weighted by Crippen LogP contribution is -2.13. The van der Waals surface area contributed by atoms with Crippen molar-refractivity contribution in [3.63, 3.8) is 0 Å². The fourth-order valence-electron chi connectivity index (χ4n) is 1.91. The Labute approximate surface area is 116 Å². The smallest absolute Gasteiger partial charge is 0.259 e. The molecule has 0 bridgehead atoms. The molecule has 0 saturated heterocycles. The van der Waals surface area contributed by atoms with Gasteiger partial charge in [-0.2, -0.15) is 5.26 Å². The molecule has 1 aromatic heterocycles. The molecule has 0 aliphatic rings. The number of rotatable bonds is 3. The van der Waals surface area contributed by atoms with Gasteiger partial charge >= 0.3 is 0 Å². The lowest BCUT2D eigenvalue weighted by atomic mass is 10.2. The Hall–Kier alpha value is -2.74. The molecule has 1 heterocycles. The van der Waals surface area contributed by atoms with Gasteiger partial charge in [-0.3, -0.25) is 4.79 Å². The molecule has 0 atom stereocenters. The highest BCUT2D eigenvalue weighted by Crippen LogP contribution is 2.26. The van der Waals surface area contributed by atoms with Crippen LogP contribution in [-0.2, 0) is 0 Å². The van der Waals surface area contributed by atoms with Gasteiger partial charge in [0.25, 0.3) is 5.91 Å². The number of ether oxygens (including phenoxy) is 1. The van der Waals surface area contributed by atoms with Crippen molar-refractivity contribution >= 4 is 11.6 Å². The molecule has 1 N–H and O–H groups in total. The summed E-state index contributed by atoms with van der Waals surface area (Å²) in [4.78, 5) is 12.2. The third-order valence-corrected chi connectivity index (χ3v) is 2.86. The van der Waals surface area contributed by atoms with Crippen LogP contribution in [0.1, 0.15) is 27.4 Å². The lowest BCUT2D eigenvalue weighted by molar-refractivity contribution is 0.102. The zero-order valence-electron chi connectivity index (χ0n) is 11.5. The zero-order valence-corrected chi connectivity index (χ0v) is 11.5. The van der Waals surface area contributed by atoms with Crippen molar-refractivity contribution in [1.29, 1.82) is 5.26 Å². The number of benzene rings is 1. The summed E-state index contributed by atoms with van der Waals surface area (Å²) in [5.74, 6) is 1.41. The maximum atomic E-state index is 12.2. The minimum absolute atomic E-state index is 0.276. The summed E-state index contributed by atoms with van der Waals surface area (Å²) in [6.45, 7) is 3.52. The monoisotopic (exact) mass is 270 g/mol. The Morgan fingerprint density at radius 2 is 2.10 bits per heavy atom. The molecular formula is C15H14N2O3. The number of furan rings is 1. The van der Waals surface area contributed by atoms with E-state index < -0.39 is 0 Å². The van der Waals surface area contributed by atoms with Crippen molar-refractivity contribution in [2.75, 3.05) is 12.4 Å². The number of nitriles is 1. The van der Waals surface area contributed by atoms with E-state index in [9.17, 15) is 4.79 Å². The molecule has 0 radical (unpaired) electrons. The normalized spacial score (nSPS) is 9.90. The minimum atomic E-state index is -0.276. The highest BCUT2D eigenvalue weighted by Gasteiger charge is 2.15. The predicted molar refractivity (Wildman–Crippen MR) is 73.8 cm³/mol. The Bertz CT molecular complexity index is 696. The van der Waals surface area contributed by atoms with E-state index in [0.717, 1.165) is 0 Å². The molecule has 0 fully saturated rings. The first-order chi connectivity index (χ1) is 9.55. The molecule has 0 aliphatic carbocycles. The molecular weight excluding hydrogens is 256 g/mol. The zero-order chi connectivity index (χ0) is 14.7. The second-order valence-electron chi connectivity index (χ2n) is 4.31. The van der Waals surface area contributed by atoms with Crippen molar-refractivity contribution in [2.24, 2.45) is 0 Å². The average molecular weight is 270 g/mol. The van der Waals surface area contributed by atoms with E-state index in [1.54, 1.807) is 38.1 Å². The first-order valence-electron chi connectivity index (χ1n) is 6.01. The van der Waals surface area contributed by atoms with Crippen LogP contribution < -0.4 is 10.1 Å². The predicted octanol–water partition coefficient (Wildman–Crippen LogP) is 3.03. The van der Waals surface area contributed by atoms with Gasteiger partial charge in [0.05, 0.1) is 30.0 Å². The average Bonchev–Trinajstić information content (AvgIpc) is 2.78. The number of hydrogen-bond acceptors (Lipinski definition) is 4. The van der Waals surface area contributed by atoms with E-state index in [1.165, 1.54) is 7.11 Å². The third-order valence-electron chi connectivity index (χ3n) is 2.86. The van der Waals surface area contributed by atoms with E-state index in [1.807, 2.05) is 6.07 Å². The lowest BCUT2D eigenvalue weighted by Gasteiger charge is -2.09. The van der Waals surface area contributed by atoms with Crippen LogP contribution in [0.5, 0.6) is 5.75 Å². The number of carbonyl (C=O) groups excluding carboxylic acids is 1. The van der Waals surface area contributed by atoms with E-state index >= 15 is 0 Å². The highest BCUT2D eigenvalue weighted by molar-refractivity contribution is 6.05.